The Morgan fingerprint density at radius 3 is 2.69 bits per heavy atom. The molecule has 0 aliphatic rings. The predicted molar refractivity (Wildman–Crippen MR) is 122 cm³/mol. The van der Waals surface area contributed by atoms with E-state index in [2.05, 4.69) is 27.5 Å². The number of carbonyl (C=O) groups excluding carboxylic acids is 1. The summed E-state index contributed by atoms with van der Waals surface area (Å²) in [6, 6.07) is 16.3. The number of nitrogens with one attached hydrogen (secondary N) is 1. The maximum Gasteiger partial charge on any atom is 0.255 e. The molecular formula is C23H20N6O2S. The van der Waals surface area contributed by atoms with Crippen molar-refractivity contribution < 1.29 is 9.90 Å². The van der Waals surface area contributed by atoms with Gasteiger partial charge in [0.1, 0.15) is 23.0 Å². The lowest BCUT2D eigenvalue weighted by atomic mass is 10.1. The normalized spacial score (nSPS) is 12.2. The summed E-state index contributed by atoms with van der Waals surface area (Å²) in [7, 11) is 0. The summed E-state index contributed by atoms with van der Waals surface area (Å²) in [5.74, 6) is -0.169. The van der Waals surface area contributed by atoms with Crippen LogP contribution in [0, 0.1) is 0 Å². The van der Waals surface area contributed by atoms with Crippen molar-refractivity contribution in [3.8, 4) is 5.69 Å². The monoisotopic (exact) mass is 444 g/mol. The highest BCUT2D eigenvalue weighted by molar-refractivity contribution is 7.17. The Balaban J connectivity index is 1.35. The molecule has 9 heteroatoms. The second kappa shape index (κ2) is 8.37. The molecule has 2 N–H and O–H groups in total. The van der Waals surface area contributed by atoms with E-state index in [1.165, 1.54) is 0 Å². The third-order valence-corrected chi connectivity index (χ3v) is 6.43. The van der Waals surface area contributed by atoms with Crippen LogP contribution in [-0.4, -0.2) is 35.4 Å². The van der Waals surface area contributed by atoms with Crippen LogP contribution in [0.1, 0.15) is 39.7 Å². The Morgan fingerprint density at radius 1 is 1.16 bits per heavy atom. The first-order valence-electron chi connectivity index (χ1n) is 10.1. The number of hydrogen-bond acceptors (Lipinski definition) is 6. The van der Waals surface area contributed by atoms with E-state index in [0.717, 1.165) is 27.5 Å². The molecule has 1 unspecified atom stereocenters. The first-order valence-corrected chi connectivity index (χ1v) is 11.0. The van der Waals surface area contributed by atoms with Crippen molar-refractivity contribution in [3.63, 3.8) is 0 Å². The van der Waals surface area contributed by atoms with Crippen LogP contribution in [0.15, 0.2) is 73.3 Å². The van der Waals surface area contributed by atoms with Crippen molar-refractivity contribution in [2.45, 2.75) is 19.4 Å². The van der Waals surface area contributed by atoms with Gasteiger partial charge in [0.25, 0.3) is 5.91 Å². The summed E-state index contributed by atoms with van der Waals surface area (Å²) in [5.41, 5.74) is 3.27. The average Bonchev–Trinajstić information content (AvgIpc) is 3.56. The van der Waals surface area contributed by atoms with Crippen LogP contribution < -0.4 is 5.32 Å². The molecule has 5 rings (SSSR count). The highest BCUT2D eigenvalue weighted by Crippen LogP contribution is 2.31. The van der Waals surface area contributed by atoms with Gasteiger partial charge in [0.2, 0.25) is 0 Å². The number of aliphatic hydroxyl groups excluding tert-OH is 1. The molecule has 32 heavy (non-hydrogen) atoms. The van der Waals surface area contributed by atoms with Crippen molar-refractivity contribution >= 4 is 27.8 Å². The summed E-state index contributed by atoms with van der Waals surface area (Å²) >= 11 is 1.61. The SMILES string of the molecule is CCc1sc2cncn2c1C(O)c1cn(-c2ccc(NC(=O)c3ccccc3)cc2)nn1. The van der Waals surface area contributed by atoms with E-state index in [4.69, 9.17) is 0 Å². The van der Waals surface area contributed by atoms with E-state index in [0.29, 0.717) is 16.9 Å². The van der Waals surface area contributed by atoms with E-state index < -0.39 is 6.10 Å². The van der Waals surface area contributed by atoms with Crippen LogP contribution in [0.5, 0.6) is 0 Å². The number of rotatable bonds is 6. The van der Waals surface area contributed by atoms with Crippen molar-refractivity contribution in [3.05, 3.63) is 95.1 Å². The minimum atomic E-state index is -0.911. The fourth-order valence-corrected chi connectivity index (χ4v) is 4.62. The maximum atomic E-state index is 12.3. The van der Waals surface area contributed by atoms with Crippen LogP contribution in [0.2, 0.25) is 0 Å². The minimum Gasteiger partial charge on any atom is -0.380 e. The molecule has 160 valence electrons. The van der Waals surface area contributed by atoms with Gasteiger partial charge in [-0.2, -0.15) is 0 Å². The molecular weight excluding hydrogens is 424 g/mol. The van der Waals surface area contributed by atoms with Crippen LogP contribution >= 0.6 is 11.3 Å². The maximum absolute atomic E-state index is 12.3. The van der Waals surface area contributed by atoms with Crippen molar-refractivity contribution in [2.75, 3.05) is 5.32 Å². The Bertz CT molecular complexity index is 1370. The molecule has 0 saturated heterocycles. The third-order valence-electron chi connectivity index (χ3n) is 5.17. The third kappa shape index (κ3) is 3.68. The molecule has 3 heterocycles. The van der Waals surface area contributed by atoms with Gasteiger partial charge >= 0.3 is 0 Å². The smallest absolute Gasteiger partial charge is 0.255 e. The molecule has 8 nitrogen and oxygen atoms in total. The van der Waals surface area contributed by atoms with E-state index in [9.17, 15) is 9.90 Å². The van der Waals surface area contributed by atoms with Gasteiger partial charge in [-0.1, -0.05) is 30.3 Å². The number of aryl methyl sites for hydroxylation is 1. The second-order valence-electron chi connectivity index (χ2n) is 7.22. The number of aliphatic hydroxyl groups is 1. The summed E-state index contributed by atoms with van der Waals surface area (Å²) in [4.78, 5) is 18.5. The number of nitrogens with zero attached hydrogens (tertiary/aromatic N) is 5. The average molecular weight is 445 g/mol. The van der Waals surface area contributed by atoms with Crippen LogP contribution in [0.3, 0.4) is 0 Å². The zero-order valence-corrected chi connectivity index (χ0v) is 18.0. The quantitative estimate of drug-likeness (QED) is 0.414. The van der Waals surface area contributed by atoms with Gasteiger partial charge < -0.3 is 10.4 Å². The Morgan fingerprint density at radius 2 is 1.94 bits per heavy atom. The van der Waals surface area contributed by atoms with Crippen molar-refractivity contribution in [1.82, 2.24) is 24.4 Å². The molecule has 0 radical (unpaired) electrons. The van der Waals surface area contributed by atoms with Gasteiger partial charge in [-0.3, -0.25) is 9.20 Å². The number of anilines is 1. The number of fused-ring (bicyclic) bond motifs is 1. The number of amides is 1. The molecule has 1 atom stereocenters. The Hall–Kier alpha value is -3.82. The molecule has 3 aromatic heterocycles. The van der Waals surface area contributed by atoms with Gasteiger partial charge in [0.05, 0.1) is 23.8 Å². The highest BCUT2D eigenvalue weighted by atomic mass is 32.1. The number of carbonyl (C=O) groups is 1. The number of aromatic nitrogens is 5. The van der Waals surface area contributed by atoms with Crippen LogP contribution in [0.4, 0.5) is 5.69 Å². The summed E-state index contributed by atoms with van der Waals surface area (Å²) in [6.45, 7) is 2.06. The summed E-state index contributed by atoms with van der Waals surface area (Å²) < 4.78 is 3.50. The second-order valence-corrected chi connectivity index (χ2v) is 8.34. The molecule has 0 aliphatic heterocycles. The van der Waals surface area contributed by atoms with Crippen molar-refractivity contribution in [1.29, 1.82) is 0 Å². The highest BCUT2D eigenvalue weighted by Gasteiger charge is 2.23. The molecule has 5 aromatic rings. The van der Waals surface area contributed by atoms with E-state index in [-0.39, 0.29) is 5.91 Å². The standard InChI is InChI=1S/C23H20N6O2S/c1-2-19-21(28-14-24-12-20(28)32-19)22(30)18-13-29(27-26-18)17-10-8-16(9-11-17)25-23(31)15-6-4-3-5-7-15/h3-14,22,30H,2H2,1H3,(H,25,31). The summed E-state index contributed by atoms with van der Waals surface area (Å²) in [6.07, 6.45) is 5.10. The van der Waals surface area contributed by atoms with Gasteiger partial charge in [0.15, 0.2) is 0 Å². The fourth-order valence-electron chi connectivity index (χ4n) is 3.55. The Kier molecular flexibility index (Phi) is 5.26. The number of imidazole rings is 1. The van der Waals surface area contributed by atoms with Gasteiger partial charge in [-0.15, -0.1) is 16.4 Å². The largest absolute Gasteiger partial charge is 0.380 e. The van der Waals surface area contributed by atoms with E-state index in [1.54, 1.807) is 59.0 Å². The van der Waals surface area contributed by atoms with E-state index in [1.807, 2.05) is 34.7 Å². The van der Waals surface area contributed by atoms with E-state index >= 15 is 0 Å². The molecule has 0 saturated carbocycles. The zero-order chi connectivity index (χ0) is 22.1. The molecule has 0 spiro atoms. The molecule has 0 aliphatic carbocycles. The first-order chi connectivity index (χ1) is 15.6. The molecule has 0 fully saturated rings. The molecule has 0 bridgehead atoms. The van der Waals surface area contributed by atoms with Crippen molar-refractivity contribution in [2.24, 2.45) is 0 Å². The Labute approximate surface area is 187 Å². The lowest BCUT2D eigenvalue weighted by Gasteiger charge is -2.09. The summed E-state index contributed by atoms with van der Waals surface area (Å²) in [5, 5.41) is 22.3. The van der Waals surface area contributed by atoms with Gasteiger partial charge in [-0.25, -0.2) is 9.67 Å². The lowest BCUT2D eigenvalue weighted by molar-refractivity contribution is 0.102. The van der Waals surface area contributed by atoms with Crippen LogP contribution in [-0.2, 0) is 6.42 Å². The number of benzene rings is 2. The zero-order valence-electron chi connectivity index (χ0n) is 17.2. The number of hydrogen-bond donors (Lipinski definition) is 2. The fraction of sp³-hybridized carbons (Fsp3) is 0.130. The molecule has 1 amide bonds. The van der Waals surface area contributed by atoms with Crippen LogP contribution in [0.25, 0.3) is 10.5 Å². The lowest BCUT2D eigenvalue weighted by Crippen LogP contribution is -2.11. The van der Waals surface area contributed by atoms with Gasteiger partial charge in [-0.05, 0) is 42.8 Å². The van der Waals surface area contributed by atoms with Gasteiger partial charge in [0, 0.05) is 16.1 Å². The predicted octanol–water partition coefficient (Wildman–Crippen LogP) is 3.87. The molecule has 2 aromatic carbocycles. The topological polar surface area (TPSA) is 97.3 Å². The number of thiazole rings is 1. The minimum absolute atomic E-state index is 0.169. The first kappa shape index (κ1) is 20.1.